The Hall–Kier alpha value is -2.49. The van der Waals surface area contributed by atoms with Gasteiger partial charge in [-0.1, -0.05) is 18.2 Å². The highest BCUT2D eigenvalue weighted by atomic mass is 16.5. The van der Waals surface area contributed by atoms with Crippen LogP contribution in [0.2, 0.25) is 0 Å². The molecular formula is C22H29N5O4. The van der Waals surface area contributed by atoms with Gasteiger partial charge in [-0.15, -0.1) is 0 Å². The fourth-order valence-electron chi connectivity index (χ4n) is 5.81. The van der Waals surface area contributed by atoms with Gasteiger partial charge in [0.2, 0.25) is 17.7 Å². The maximum atomic E-state index is 13.4. The summed E-state index contributed by atoms with van der Waals surface area (Å²) < 4.78 is 5.37. The minimum atomic E-state index is -1.01. The first-order valence-corrected chi connectivity index (χ1v) is 11.0. The van der Waals surface area contributed by atoms with Gasteiger partial charge in [0.05, 0.1) is 25.7 Å². The molecule has 1 aromatic rings. The Balaban J connectivity index is 1.41. The van der Waals surface area contributed by atoms with Crippen molar-refractivity contribution in [3.63, 3.8) is 0 Å². The molecule has 1 aromatic carbocycles. The van der Waals surface area contributed by atoms with E-state index in [2.05, 4.69) is 20.4 Å². The van der Waals surface area contributed by atoms with E-state index in [1.54, 1.807) is 7.05 Å². The number of carbonyl (C=O) groups is 3. The summed E-state index contributed by atoms with van der Waals surface area (Å²) in [6.07, 6.45) is 0.544. The average molecular weight is 428 g/mol. The Morgan fingerprint density at radius 2 is 1.97 bits per heavy atom. The van der Waals surface area contributed by atoms with Gasteiger partial charge in [0.25, 0.3) is 0 Å². The molecule has 1 spiro atoms. The topological polar surface area (TPSA) is 94.2 Å². The number of amides is 3. The molecular weight excluding hydrogens is 398 g/mol. The molecule has 0 radical (unpaired) electrons. The highest BCUT2D eigenvalue weighted by Gasteiger charge is 2.65. The van der Waals surface area contributed by atoms with E-state index in [0.717, 1.165) is 24.3 Å². The number of rotatable bonds is 3. The number of nitrogens with one attached hydrogen (secondary N) is 2. The van der Waals surface area contributed by atoms with Crippen molar-refractivity contribution in [2.24, 2.45) is 5.92 Å². The number of anilines is 1. The number of piperazine rings is 1. The van der Waals surface area contributed by atoms with Gasteiger partial charge in [0, 0.05) is 57.1 Å². The van der Waals surface area contributed by atoms with E-state index < -0.39 is 11.5 Å². The normalized spacial score (nSPS) is 30.7. The van der Waals surface area contributed by atoms with Crippen LogP contribution in [0.3, 0.4) is 0 Å². The number of benzene rings is 1. The lowest BCUT2D eigenvalue weighted by Gasteiger charge is -2.44. The van der Waals surface area contributed by atoms with Gasteiger partial charge in [-0.05, 0) is 12.5 Å². The molecule has 0 aliphatic carbocycles. The second-order valence-corrected chi connectivity index (χ2v) is 8.74. The number of ether oxygens (including phenoxy) is 1. The molecule has 9 heteroatoms. The summed E-state index contributed by atoms with van der Waals surface area (Å²) in [6, 6.07) is 7.60. The van der Waals surface area contributed by atoms with Gasteiger partial charge < -0.3 is 20.3 Å². The summed E-state index contributed by atoms with van der Waals surface area (Å²) in [4.78, 5) is 45.5. The Kier molecular flexibility index (Phi) is 5.19. The Morgan fingerprint density at radius 3 is 2.74 bits per heavy atom. The predicted molar refractivity (Wildman–Crippen MR) is 113 cm³/mol. The predicted octanol–water partition coefficient (Wildman–Crippen LogP) is -0.555. The van der Waals surface area contributed by atoms with Crippen LogP contribution >= 0.6 is 0 Å². The first kappa shape index (κ1) is 20.4. The molecule has 4 heterocycles. The summed E-state index contributed by atoms with van der Waals surface area (Å²) in [5, 5.41) is 5.76. The summed E-state index contributed by atoms with van der Waals surface area (Å²) in [6.45, 7) is 4.91. The fraction of sp³-hybridized carbons (Fsp3) is 0.591. The second-order valence-electron chi connectivity index (χ2n) is 8.74. The van der Waals surface area contributed by atoms with Crippen LogP contribution in [0.1, 0.15) is 12.0 Å². The first-order chi connectivity index (χ1) is 15.1. The molecule has 0 bridgehead atoms. The Labute approximate surface area is 181 Å². The third-order valence-corrected chi connectivity index (χ3v) is 7.26. The zero-order chi connectivity index (χ0) is 21.6. The van der Waals surface area contributed by atoms with E-state index in [-0.39, 0.29) is 23.8 Å². The van der Waals surface area contributed by atoms with Crippen LogP contribution in [0.4, 0.5) is 5.69 Å². The number of hydrogen-bond acceptors (Lipinski definition) is 6. The third kappa shape index (κ3) is 3.14. The SMILES string of the molecule is CNC(=O)[C@@H]1C[C@@H]2CN(C(=O)CN3CCOCC3)CCN2[C@@]12C(=O)Nc1ccccc12. The quantitative estimate of drug-likeness (QED) is 0.672. The molecule has 3 amide bonds. The monoisotopic (exact) mass is 427 g/mol. The molecule has 9 nitrogen and oxygen atoms in total. The summed E-state index contributed by atoms with van der Waals surface area (Å²) >= 11 is 0. The lowest BCUT2D eigenvalue weighted by atomic mass is 9.78. The van der Waals surface area contributed by atoms with Crippen LogP contribution in [-0.4, -0.2) is 98.0 Å². The summed E-state index contributed by atoms with van der Waals surface area (Å²) in [5.74, 6) is -0.666. The van der Waals surface area contributed by atoms with Crippen molar-refractivity contribution in [2.45, 2.75) is 18.0 Å². The van der Waals surface area contributed by atoms with Crippen LogP contribution in [0, 0.1) is 5.92 Å². The van der Waals surface area contributed by atoms with Crippen molar-refractivity contribution in [2.75, 3.05) is 64.8 Å². The third-order valence-electron chi connectivity index (χ3n) is 7.26. The molecule has 0 unspecified atom stereocenters. The van der Waals surface area contributed by atoms with Gasteiger partial charge in [0.15, 0.2) is 0 Å². The summed E-state index contributed by atoms with van der Waals surface area (Å²) in [7, 11) is 1.62. The maximum absolute atomic E-state index is 13.4. The first-order valence-electron chi connectivity index (χ1n) is 11.0. The van der Waals surface area contributed by atoms with E-state index in [0.29, 0.717) is 45.8 Å². The van der Waals surface area contributed by atoms with Crippen molar-refractivity contribution < 1.29 is 19.1 Å². The largest absolute Gasteiger partial charge is 0.379 e. The molecule has 0 saturated carbocycles. The number of morpholine rings is 1. The smallest absolute Gasteiger partial charge is 0.250 e. The molecule has 0 aromatic heterocycles. The zero-order valence-electron chi connectivity index (χ0n) is 17.8. The molecule has 3 atom stereocenters. The van der Waals surface area contributed by atoms with E-state index in [9.17, 15) is 14.4 Å². The van der Waals surface area contributed by atoms with Gasteiger partial charge in [-0.3, -0.25) is 24.2 Å². The van der Waals surface area contributed by atoms with Crippen molar-refractivity contribution in [3.8, 4) is 0 Å². The average Bonchev–Trinajstić information content (AvgIpc) is 3.29. The van der Waals surface area contributed by atoms with Crippen LogP contribution in [0.15, 0.2) is 24.3 Å². The molecule has 3 fully saturated rings. The number of nitrogens with zero attached hydrogens (tertiary/aromatic N) is 3. The Morgan fingerprint density at radius 1 is 1.19 bits per heavy atom. The van der Waals surface area contributed by atoms with E-state index >= 15 is 0 Å². The van der Waals surface area contributed by atoms with Gasteiger partial charge in [-0.2, -0.15) is 0 Å². The zero-order valence-corrected chi connectivity index (χ0v) is 17.8. The van der Waals surface area contributed by atoms with Gasteiger partial charge in [0.1, 0.15) is 5.54 Å². The van der Waals surface area contributed by atoms with Crippen molar-refractivity contribution in [1.82, 2.24) is 20.0 Å². The van der Waals surface area contributed by atoms with Crippen LogP contribution in [0.25, 0.3) is 0 Å². The summed E-state index contributed by atoms with van der Waals surface area (Å²) in [5.41, 5.74) is 0.623. The van der Waals surface area contributed by atoms with Gasteiger partial charge >= 0.3 is 0 Å². The molecule has 4 aliphatic rings. The van der Waals surface area contributed by atoms with Gasteiger partial charge in [-0.25, -0.2) is 0 Å². The molecule has 31 heavy (non-hydrogen) atoms. The standard InChI is InChI=1S/C22H29N5O4/c1-23-20(29)17-12-15-13-26(19(28)14-25-8-10-31-11-9-25)6-7-27(15)22(17)16-4-2-3-5-18(16)24-21(22)30/h2-5,15,17H,6-14H2,1H3,(H,23,29)(H,24,30)/t15-,17+,22-/m1/s1. The number of carbonyl (C=O) groups excluding carboxylic acids is 3. The van der Waals surface area contributed by atoms with E-state index in [1.807, 2.05) is 29.2 Å². The van der Waals surface area contributed by atoms with E-state index in [4.69, 9.17) is 4.74 Å². The highest BCUT2D eigenvalue weighted by Crippen LogP contribution is 2.53. The molecule has 166 valence electrons. The molecule has 2 N–H and O–H groups in total. The minimum Gasteiger partial charge on any atom is -0.379 e. The molecule has 3 saturated heterocycles. The second kappa shape index (κ2) is 7.89. The lowest BCUT2D eigenvalue weighted by molar-refractivity contribution is -0.142. The highest BCUT2D eigenvalue weighted by molar-refractivity contribution is 6.09. The lowest BCUT2D eigenvalue weighted by Crippen LogP contribution is -2.61. The Bertz CT molecular complexity index is 902. The van der Waals surface area contributed by atoms with Crippen LogP contribution < -0.4 is 10.6 Å². The van der Waals surface area contributed by atoms with Crippen molar-refractivity contribution >= 4 is 23.4 Å². The van der Waals surface area contributed by atoms with Crippen LogP contribution in [0.5, 0.6) is 0 Å². The van der Waals surface area contributed by atoms with Crippen molar-refractivity contribution in [1.29, 1.82) is 0 Å². The van der Waals surface area contributed by atoms with E-state index in [1.165, 1.54) is 0 Å². The number of para-hydroxylation sites is 1. The molecule has 5 rings (SSSR count). The van der Waals surface area contributed by atoms with Crippen LogP contribution in [-0.2, 0) is 24.7 Å². The van der Waals surface area contributed by atoms with Crippen molar-refractivity contribution in [3.05, 3.63) is 29.8 Å². The maximum Gasteiger partial charge on any atom is 0.250 e. The molecule has 4 aliphatic heterocycles. The fourth-order valence-corrected chi connectivity index (χ4v) is 5.81. The number of hydrogen-bond donors (Lipinski definition) is 2. The minimum absolute atomic E-state index is 0.0402. The number of fused-ring (bicyclic) bond motifs is 4.